The second-order valence-electron chi connectivity index (χ2n) is 3.68. The number of carbonyl (C=O) groups excluding carboxylic acids is 2. The second-order valence-corrected chi connectivity index (χ2v) is 11.1. The third kappa shape index (κ3) is 6.04. The smallest absolute Gasteiger partial charge is 0.230 e. The van der Waals surface area contributed by atoms with Crippen LogP contribution in [0, 0.1) is 0 Å². The van der Waals surface area contributed by atoms with Gasteiger partial charge < -0.3 is 0 Å². The summed E-state index contributed by atoms with van der Waals surface area (Å²) in [5.41, 5.74) is 1.38. The molecule has 2 aromatic rings. The Labute approximate surface area is 142 Å². The van der Waals surface area contributed by atoms with Crippen molar-refractivity contribution in [1.29, 1.82) is 0 Å². The quantitative estimate of drug-likeness (QED) is 0.456. The Kier molecular flexibility index (Phi) is 7.66. The van der Waals surface area contributed by atoms with Gasteiger partial charge in [0.15, 0.2) is 0 Å². The monoisotopic (exact) mass is 370 g/mol. The lowest BCUT2D eigenvalue weighted by Crippen LogP contribution is -1.89. The van der Waals surface area contributed by atoms with Crippen LogP contribution in [0.15, 0.2) is 60.7 Å². The number of hydrogen-bond donors (Lipinski definition) is 0. The van der Waals surface area contributed by atoms with Crippen LogP contribution in [0.1, 0.15) is 20.7 Å². The first-order valence-corrected chi connectivity index (χ1v) is 12.0. The molecule has 0 amide bonds. The molecule has 0 saturated carbocycles. The van der Waals surface area contributed by atoms with Crippen LogP contribution < -0.4 is 0 Å². The summed E-state index contributed by atoms with van der Waals surface area (Å²) in [7, 11) is 6.50. The van der Waals surface area contributed by atoms with Crippen LogP contribution in [0.5, 0.6) is 0 Å². The van der Waals surface area contributed by atoms with Crippen molar-refractivity contribution in [2.45, 2.75) is 0 Å². The first-order valence-electron chi connectivity index (χ1n) is 5.80. The van der Waals surface area contributed by atoms with Crippen molar-refractivity contribution in [2.24, 2.45) is 0 Å². The maximum Gasteiger partial charge on any atom is 0.230 e. The molecule has 2 rings (SSSR count). The van der Waals surface area contributed by atoms with E-state index in [-0.39, 0.29) is 10.2 Å². The Balaban J connectivity index is 1.64. The van der Waals surface area contributed by atoms with Gasteiger partial charge in [-0.2, -0.15) is 0 Å². The van der Waals surface area contributed by atoms with Crippen molar-refractivity contribution in [3.63, 3.8) is 0 Å². The lowest BCUT2D eigenvalue weighted by Gasteiger charge is -2.00. The molecule has 0 unspecified atom stereocenters. The number of rotatable bonds is 6. The van der Waals surface area contributed by atoms with Crippen LogP contribution in [0.3, 0.4) is 0 Å². The zero-order valence-corrected chi connectivity index (χ0v) is 14.7. The summed E-state index contributed by atoms with van der Waals surface area (Å²) >= 11 is 0. The Morgan fingerprint density at radius 2 is 0.952 bits per heavy atom. The van der Waals surface area contributed by atoms with E-state index in [0.717, 1.165) is 0 Å². The average Bonchev–Trinajstić information content (AvgIpc) is 2.55. The molecule has 7 heteroatoms. The van der Waals surface area contributed by atoms with Gasteiger partial charge in [-0.05, 0) is 51.1 Å². The van der Waals surface area contributed by atoms with Gasteiger partial charge in [0.05, 0.1) is 0 Å². The standard InChI is InChI=1S/C14H10O2S5/c15-13(11-7-3-1-4-8-11)17-19-21-20-18-14(16)12-9-5-2-6-10-12/h1-10H. The molecule has 0 saturated heterocycles. The van der Waals surface area contributed by atoms with E-state index in [9.17, 15) is 9.59 Å². The van der Waals surface area contributed by atoms with Crippen LogP contribution in [-0.2, 0) is 0 Å². The predicted octanol–water partition coefficient (Wildman–Crippen LogP) is 5.99. The highest BCUT2D eigenvalue weighted by molar-refractivity contribution is 9.37. The van der Waals surface area contributed by atoms with Gasteiger partial charge in [-0.15, -0.1) is 0 Å². The van der Waals surface area contributed by atoms with Crippen molar-refractivity contribution in [1.82, 2.24) is 0 Å². The first kappa shape index (κ1) is 16.9. The topological polar surface area (TPSA) is 34.1 Å². The predicted molar refractivity (Wildman–Crippen MR) is 99.5 cm³/mol. The number of hydrogen-bond acceptors (Lipinski definition) is 7. The molecule has 0 aliphatic carbocycles. The summed E-state index contributed by atoms with van der Waals surface area (Å²) in [6.45, 7) is 0. The van der Waals surface area contributed by atoms with Crippen LogP contribution >= 0.6 is 51.1 Å². The maximum atomic E-state index is 11.8. The third-order valence-corrected chi connectivity index (χ3v) is 10.2. The van der Waals surface area contributed by atoms with Gasteiger partial charge in [0, 0.05) is 11.1 Å². The Bertz CT molecular complexity index is 535. The minimum absolute atomic E-state index is 0.0214. The Morgan fingerprint density at radius 1 is 0.571 bits per heavy atom. The molecule has 0 aliphatic heterocycles. The molecule has 0 N–H and O–H groups in total. The molecular formula is C14H10O2S5. The second kappa shape index (κ2) is 9.53. The lowest BCUT2D eigenvalue weighted by atomic mass is 10.2. The van der Waals surface area contributed by atoms with Crippen molar-refractivity contribution >= 4 is 61.3 Å². The summed E-state index contributed by atoms with van der Waals surface area (Å²) in [6, 6.07) is 18.3. The molecule has 0 radical (unpaired) electrons. The fraction of sp³-hybridized carbons (Fsp3) is 0. The van der Waals surface area contributed by atoms with E-state index in [1.54, 1.807) is 24.3 Å². The van der Waals surface area contributed by atoms with E-state index in [2.05, 4.69) is 0 Å². The molecule has 0 bridgehead atoms. The van der Waals surface area contributed by atoms with Gasteiger partial charge in [0.1, 0.15) is 0 Å². The van der Waals surface area contributed by atoms with Gasteiger partial charge in [0.2, 0.25) is 10.2 Å². The highest BCUT2D eigenvalue weighted by atomic mass is 33.8. The molecule has 0 spiro atoms. The van der Waals surface area contributed by atoms with Gasteiger partial charge >= 0.3 is 0 Å². The fourth-order valence-corrected chi connectivity index (χ4v) is 8.96. The SMILES string of the molecule is O=C(SSSSSC(=O)c1ccccc1)c1ccccc1. The van der Waals surface area contributed by atoms with Crippen molar-refractivity contribution in [2.75, 3.05) is 0 Å². The van der Waals surface area contributed by atoms with E-state index in [4.69, 9.17) is 0 Å². The minimum Gasteiger partial charge on any atom is -0.281 e. The Hall–Kier alpha value is -0.470. The molecular weight excluding hydrogens is 360 g/mol. The largest absolute Gasteiger partial charge is 0.281 e. The highest BCUT2D eigenvalue weighted by Gasteiger charge is 2.09. The van der Waals surface area contributed by atoms with Crippen LogP contribution in [-0.4, -0.2) is 10.2 Å². The zero-order chi connectivity index (χ0) is 14.9. The molecule has 0 atom stereocenters. The molecule has 0 fully saturated rings. The summed E-state index contributed by atoms with van der Waals surface area (Å²) < 4.78 is 0. The van der Waals surface area contributed by atoms with E-state index in [0.29, 0.717) is 11.1 Å². The van der Waals surface area contributed by atoms with E-state index < -0.39 is 0 Å². The zero-order valence-electron chi connectivity index (χ0n) is 10.6. The van der Waals surface area contributed by atoms with Gasteiger partial charge in [-0.25, -0.2) is 0 Å². The van der Waals surface area contributed by atoms with Crippen molar-refractivity contribution < 1.29 is 9.59 Å². The van der Waals surface area contributed by atoms with Crippen molar-refractivity contribution in [3.05, 3.63) is 71.8 Å². The summed E-state index contributed by atoms with van der Waals surface area (Å²) in [4.78, 5) is 23.6. The molecule has 0 aromatic heterocycles. The Morgan fingerprint density at radius 3 is 1.33 bits per heavy atom. The maximum absolute atomic E-state index is 11.8. The average molecular weight is 371 g/mol. The molecule has 2 aromatic carbocycles. The molecule has 21 heavy (non-hydrogen) atoms. The van der Waals surface area contributed by atoms with E-state index in [1.165, 1.54) is 51.1 Å². The summed E-state index contributed by atoms with van der Waals surface area (Å²) in [6.07, 6.45) is 0. The van der Waals surface area contributed by atoms with Crippen molar-refractivity contribution in [3.8, 4) is 0 Å². The number of carbonyl (C=O) groups is 2. The fourth-order valence-electron chi connectivity index (χ4n) is 1.35. The van der Waals surface area contributed by atoms with E-state index in [1.807, 2.05) is 36.4 Å². The molecule has 0 aliphatic rings. The molecule has 108 valence electrons. The normalized spacial score (nSPS) is 10.3. The van der Waals surface area contributed by atoms with Crippen LogP contribution in [0.25, 0.3) is 0 Å². The van der Waals surface area contributed by atoms with E-state index >= 15 is 0 Å². The number of benzene rings is 2. The van der Waals surface area contributed by atoms with Gasteiger partial charge in [-0.3, -0.25) is 9.59 Å². The molecule has 0 heterocycles. The lowest BCUT2D eigenvalue weighted by molar-refractivity contribution is 0.108. The highest BCUT2D eigenvalue weighted by Crippen LogP contribution is 2.49. The summed E-state index contributed by atoms with van der Waals surface area (Å²) in [5, 5.41) is 0.0428. The van der Waals surface area contributed by atoms with Gasteiger partial charge in [-0.1, -0.05) is 60.7 Å². The minimum atomic E-state index is 0.0214. The first-order chi connectivity index (χ1) is 10.3. The van der Waals surface area contributed by atoms with Gasteiger partial charge in [0.25, 0.3) is 0 Å². The van der Waals surface area contributed by atoms with Crippen LogP contribution in [0.2, 0.25) is 0 Å². The van der Waals surface area contributed by atoms with Crippen LogP contribution in [0.4, 0.5) is 0 Å². The molecule has 2 nitrogen and oxygen atoms in total. The summed E-state index contributed by atoms with van der Waals surface area (Å²) in [5.74, 6) is 0. The third-order valence-electron chi connectivity index (χ3n) is 2.29.